The van der Waals surface area contributed by atoms with Crippen molar-refractivity contribution in [2.24, 2.45) is 4.99 Å². The average Bonchev–Trinajstić information content (AvgIpc) is 2.96. The molecule has 1 aliphatic rings. The quantitative estimate of drug-likeness (QED) is 0.643. The Bertz CT molecular complexity index is 791. The van der Waals surface area contributed by atoms with E-state index in [0.717, 1.165) is 11.3 Å². The van der Waals surface area contributed by atoms with Gasteiger partial charge in [0.05, 0.1) is 14.2 Å². The van der Waals surface area contributed by atoms with Gasteiger partial charge < -0.3 is 14.2 Å². The summed E-state index contributed by atoms with van der Waals surface area (Å²) >= 11 is 0. The van der Waals surface area contributed by atoms with Crippen LogP contribution in [0.3, 0.4) is 0 Å². The molecule has 23 heavy (non-hydrogen) atoms. The first kappa shape index (κ1) is 14.8. The first-order valence-corrected chi connectivity index (χ1v) is 7.00. The maximum absolute atomic E-state index is 12.0. The lowest BCUT2D eigenvalue weighted by molar-refractivity contribution is -0.129. The van der Waals surface area contributed by atoms with Crippen molar-refractivity contribution < 1.29 is 19.0 Å². The standard InChI is InChI=1S/C18H15NO4/c1-21-14-8-6-13(7-9-14)17-19-16(18(20)23-17)11-12-4-3-5-15(10-12)22-2/h3-11H,1-2H3/b16-11-. The summed E-state index contributed by atoms with van der Waals surface area (Å²) in [4.78, 5) is 16.2. The van der Waals surface area contributed by atoms with E-state index in [2.05, 4.69) is 4.99 Å². The minimum atomic E-state index is -0.473. The molecule has 3 rings (SSSR count). The SMILES string of the molecule is COc1ccc(C2=N/C(=C\c3cccc(OC)c3)C(=O)O2)cc1. The van der Waals surface area contributed by atoms with Crippen molar-refractivity contribution in [3.8, 4) is 11.5 Å². The second-order valence-corrected chi connectivity index (χ2v) is 4.84. The highest BCUT2D eigenvalue weighted by molar-refractivity contribution is 6.12. The van der Waals surface area contributed by atoms with E-state index in [4.69, 9.17) is 14.2 Å². The normalized spacial score (nSPS) is 15.3. The molecule has 1 aliphatic heterocycles. The largest absolute Gasteiger partial charge is 0.497 e. The van der Waals surface area contributed by atoms with E-state index < -0.39 is 5.97 Å². The molecule has 0 radical (unpaired) electrons. The van der Waals surface area contributed by atoms with Gasteiger partial charge in [0.1, 0.15) is 11.5 Å². The first-order valence-electron chi connectivity index (χ1n) is 7.00. The van der Waals surface area contributed by atoms with Crippen LogP contribution in [0.5, 0.6) is 11.5 Å². The topological polar surface area (TPSA) is 57.1 Å². The Hall–Kier alpha value is -3.08. The van der Waals surface area contributed by atoms with Crippen LogP contribution < -0.4 is 9.47 Å². The van der Waals surface area contributed by atoms with Crippen LogP contribution in [0.4, 0.5) is 0 Å². The smallest absolute Gasteiger partial charge is 0.363 e. The second-order valence-electron chi connectivity index (χ2n) is 4.84. The van der Waals surface area contributed by atoms with Gasteiger partial charge in [0.25, 0.3) is 0 Å². The van der Waals surface area contributed by atoms with Crippen molar-refractivity contribution in [1.29, 1.82) is 0 Å². The summed E-state index contributed by atoms with van der Waals surface area (Å²) in [5.74, 6) is 1.25. The molecular weight excluding hydrogens is 294 g/mol. The fourth-order valence-electron chi connectivity index (χ4n) is 2.16. The van der Waals surface area contributed by atoms with E-state index in [9.17, 15) is 4.79 Å². The fourth-order valence-corrected chi connectivity index (χ4v) is 2.16. The monoisotopic (exact) mass is 309 g/mol. The molecule has 116 valence electrons. The molecule has 2 aromatic carbocycles. The molecular formula is C18H15NO4. The number of nitrogens with zero attached hydrogens (tertiary/aromatic N) is 1. The van der Waals surface area contributed by atoms with Gasteiger partial charge in [-0.2, -0.15) is 0 Å². The number of rotatable bonds is 4. The second kappa shape index (κ2) is 6.36. The van der Waals surface area contributed by atoms with Gasteiger partial charge in [-0.3, -0.25) is 0 Å². The number of aliphatic imine (C=N–C) groups is 1. The van der Waals surface area contributed by atoms with Crippen LogP contribution in [0.15, 0.2) is 59.2 Å². The lowest BCUT2D eigenvalue weighted by atomic mass is 10.2. The van der Waals surface area contributed by atoms with Crippen LogP contribution in [-0.2, 0) is 9.53 Å². The van der Waals surface area contributed by atoms with Crippen molar-refractivity contribution in [3.05, 3.63) is 65.4 Å². The first-order chi connectivity index (χ1) is 11.2. The molecule has 0 bridgehead atoms. The molecule has 0 atom stereocenters. The number of methoxy groups -OCH3 is 2. The number of carbonyl (C=O) groups is 1. The van der Waals surface area contributed by atoms with Gasteiger partial charge in [0, 0.05) is 5.56 Å². The van der Waals surface area contributed by atoms with E-state index in [1.807, 2.05) is 24.3 Å². The summed E-state index contributed by atoms with van der Waals surface area (Å²) in [6, 6.07) is 14.5. The van der Waals surface area contributed by atoms with E-state index in [1.165, 1.54) is 0 Å². The minimum Gasteiger partial charge on any atom is -0.497 e. The molecule has 0 saturated heterocycles. The molecule has 0 amide bonds. The summed E-state index contributed by atoms with van der Waals surface area (Å²) in [5, 5.41) is 0. The number of esters is 1. The van der Waals surface area contributed by atoms with E-state index >= 15 is 0 Å². The Morgan fingerprint density at radius 1 is 1.00 bits per heavy atom. The fraction of sp³-hybridized carbons (Fsp3) is 0.111. The van der Waals surface area contributed by atoms with Crippen LogP contribution in [0.1, 0.15) is 11.1 Å². The van der Waals surface area contributed by atoms with Crippen molar-refractivity contribution in [2.75, 3.05) is 14.2 Å². The van der Waals surface area contributed by atoms with Gasteiger partial charge >= 0.3 is 5.97 Å². The Balaban J connectivity index is 1.89. The van der Waals surface area contributed by atoms with Crippen LogP contribution in [0.2, 0.25) is 0 Å². The van der Waals surface area contributed by atoms with E-state index in [1.54, 1.807) is 44.6 Å². The van der Waals surface area contributed by atoms with E-state index in [-0.39, 0.29) is 11.6 Å². The number of carbonyl (C=O) groups excluding carboxylic acids is 1. The average molecular weight is 309 g/mol. The molecule has 0 aliphatic carbocycles. The number of cyclic esters (lactones) is 1. The van der Waals surface area contributed by atoms with Crippen molar-refractivity contribution in [1.82, 2.24) is 0 Å². The number of benzene rings is 2. The van der Waals surface area contributed by atoms with Crippen molar-refractivity contribution >= 4 is 17.9 Å². The number of hydrogen-bond donors (Lipinski definition) is 0. The zero-order chi connectivity index (χ0) is 16.2. The van der Waals surface area contributed by atoms with Crippen LogP contribution in [0.25, 0.3) is 6.08 Å². The van der Waals surface area contributed by atoms with Crippen molar-refractivity contribution in [2.45, 2.75) is 0 Å². The zero-order valence-electron chi connectivity index (χ0n) is 12.8. The summed E-state index contributed by atoms with van der Waals surface area (Å²) < 4.78 is 15.5. The van der Waals surface area contributed by atoms with Gasteiger partial charge in [0.2, 0.25) is 5.90 Å². The van der Waals surface area contributed by atoms with Gasteiger partial charge in [-0.05, 0) is 48.0 Å². The molecule has 0 aromatic heterocycles. The summed E-state index contributed by atoms with van der Waals surface area (Å²) in [7, 11) is 3.19. The third kappa shape index (κ3) is 3.23. The molecule has 0 fully saturated rings. The predicted octanol–water partition coefficient (Wildman–Crippen LogP) is 3.05. The molecule has 0 unspecified atom stereocenters. The molecule has 1 heterocycles. The molecule has 5 heteroatoms. The Labute approximate surface area is 133 Å². The Morgan fingerprint density at radius 2 is 1.74 bits per heavy atom. The van der Waals surface area contributed by atoms with Crippen LogP contribution >= 0.6 is 0 Å². The third-order valence-electron chi connectivity index (χ3n) is 3.35. The molecule has 0 saturated carbocycles. The highest BCUT2D eigenvalue weighted by atomic mass is 16.6. The highest BCUT2D eigenvalue weighted by Crippen LogP contribution is 2.22. The van der Waals surface area contributed by atoms with Gasteiger partial charge in [-0.15, -0.1) is 0 Å². The minimum absolute atomic E-state index is 0.254. The maximum atomic E-state index is 12.0. The predicted molar refractivity (Wildman–Crippen MR) is 86.6 cm³/mol. The van der Waals surface area contributed by atoms with Gasteiger partial charge in [-0.1, -0.05) is 12.1 Å². The maximum Gasteiger partial charge on any atom is 0.363 e. The van der Waals surface area contributed by atoms with Gasteiger partial charge in [-0.25, -0.2) is 9.79 Å². The summed E-state index contributed by atoms with van der Waals surface area (Å²) in [6.45, 7) is 0. The Kier molecular flexibility index (Phi) is 4.10. The van der Waals surface area contributed by atoms with Crippen molar-refractivity contribution in [3.63, 3.8) is 0 Å². The molecule has 5 nitrogen and oxygen atoms in total. The van der Waals surface area contributed by atoms with E-state index in [0.29, 0.717) is 11.3 Å². The highest BCUT2D eigenvalue weighted by Gasteiger charge is 2.24. The van der Waals surface area contributed by atoms with Gasteiger partial charge in [0.15, 0.2) is 5.70 Å². The molecule has 2 aromatic rings. The number of hydrogen-bond acceptors (Lipinski definition) is 5. The van der Waals surface area contributed by atoms with Crippen LogP contribution in [-0.4, -0.2) is 26.1 Å². The third-order valence-corrected chi connectivity index (χ3v) is 3.35. The lowest BCUT2D eigenvalue weighted by Gasteiger charge is -2.01. The Morgan fingerprint density at radius 3 is 2.43 bits per heavy atom. The number of ether oxygens (including phenoxy) is 3. The lowest BCUT2D eigenvalue weighted by Crippen LogP contribution is -2.05. The molecule has 0 spiro atoms. The summed E-state index contributed by atoms with van der Waals surface area (Å²) in [5.41, 5.74) is 1.79. The molecule has 0 N–H and O–H groups in total. The zero-order valence-corrected chi connectivity index (χ0v) is 12.8. The van der Waals surface area contributed by atoms with Crippen LogP contribution in [0, 0.1) is 0 Å². The summed E-state index contributed by atoms with van der Waals surface area (Å²) in [6.07, 6.45) is 1.67.